The van der Waals surface area contributed by atoms with E-state index < -0.39 is 5.82 Å². The van der Waals surface area contributed by atoms with E-state index >= 15 is 0 Å². The summed E-state index contributed by atoms with van der Waals surface area (Å²) in [6, 6.07) is 11.2. The largest absolute Gasteiger partial charge is 0.401 e. The lowest BCUT2D eigenvalue weighted by Gasteiger charge is -2.26. The molecule has 2 aliphatic rings. The zero-order chi connectivity index (χ0) is 22.8. The Balaban J connectivity index is 1.76. The first-order valence-corrected chi connectivity index (χ1v) is 11.5. The summed E-state index contributed by atoms with van der Waals surface area (Å²) >= 11 is 6.02. The lowest BCUT2D eigenvalue weighted by Crippen LogP contribution is -2.31. The highest BCUT2D eigenvalue weighted by atomic mass is 35.5. The minimum atomic E-state index is -0.428. The molecular weight excluding hydrogens is 425 g/mol. The second kappa shape index (κ2) is 9.53. The van der Waals surface area contributed by atoms with Gasteiger partial charge in [0, 0.05) is 36.6 Å². The number of allylic oxidation sites excluding steroid dienone is 1. The summed E-state index contributed by atoms with van der Waals surface area (Å²) < 4.78 is 13.7. The molecule has 32 heavy (non-hydrogen) atoms. The van der Waals surface area contributed by atoms with Crippen LogP contribution in [-0.4, -0.2) is 36.1 Å². The second-order valence-electron chi connectivity index (χ2n) is 8.51. The summed E-state index contributed by atoms with van der Waals surface area (Å²) in [6.45, 7) is 7.82. The summed E-state index contributed by atoms with van der Waals surface area (Å²) in [5, 5.41) is 5.38. The smallest absolute Gasteiger partial charge is 0.141 e. The Labute approximate surface area is 194 Å². The predicted molar refractivity (Wildman–Crippen MR) is 131 cm³/mol. The molecule has 0 fully saturated rings. The number of hydrogen-bond acceptors (Lipinski definition) is 5. The third-order valence-corrected chi connectivity index (χ3v) is 6.66. The Morgan fingerprint density at radius 2 is 2.03 bits per heavy atom. The van der Waals surface area contributed by atoms with Crippen LogP contribution in [0.15, 0.2) is 48.2 Å². The number of rotatable bonds is 4. The number of fused-ring (bicyclic) bond motifs is 1. The molecule has 0 saturated heterocycles. The highest BCUT2D eigenvalue weighted by Gasteiger charge is 2.26. The lowest BCUT2D eigenvalue weighted by atomic mass is 9.90. The number of nitrogens with two attached hydrogens (primary N) is 2. The van der Waals surface area contributed by atoms with Gasteiger partial charge in [-0.05, 0) is 67.3 Å². The molecule has 0 amide bonds. The first-order chi connectivity index (χ1) is 15.4. The van der Waals surface area contributed by atoms with Crippen LogP contribution in [0.3, 0.4) is 0 Å². The van der Waals surface area contributed by atoms with Crippen molar-refractivity contribution in [2.75, 3.05) is 31.5 Å². The molecule has 170 valence electrons. The second-order valence-corrected chi connectivity index (χ2v) is 8.92. The molecule has 1 atom stereocenters. The number of nitrogens with zero attached hydrogens (tertiary/aromatic N) is 2. The number of hydrazine groups is 1. The van der Waals surface area contributed by atoms with Crippen molar-refractivity contribution in [2.24, 2.45) is 11.6 Å². The van der Waals surface area contributed by atoms with Gasteiger partial charge in [0.2, 0.25) is 0 Å². The Bertz CT molecular complexity index is 1060. The molecule has 0 spiro atoms. The molecule has 2 aromatic rings. The van der Waals surface area contributed by atoms with E-state index in [0.29, 0.717) is 12.2 Å². The maximum atomic E-state index is 13.7. The lowest BCUT2D eigenvalue weighted by molar-refractivity contribution is 0.319. The van der Waals surface area contributed by atoms with Crippen LogP contribution >= 0.6 is 11.6 Å². The Kier molecular flexibility index (Phi) is 6.74. The van der Waals surface area contributed by atoms with Crippen molar-refractivity contribution in [3.8, 4) is 0 Å². The van der Waals surface area contributed by atoms with Crippen LogP contribution in [0.1, 0.15) is 49.4 Å². The number of hydrogen-bond donors (Lipinski definition) is 3. The standard InChI is InChI=1S/C25H31ClFN5/c1-3-31-11-8-17(9-12-31)18-4-6-20-21(14-18)24(10-13-32(29)25(20)16(2)28)30-19-5-7-23(27)22(26)15-19/h4-8,14-15,24,30H,3,9-13,28-29H2,1-2H3/b25-16-. The van der Waals surface area contributed by atoms with Crippen molar-refractivity contribution in [2.45, 2.75) is 32.7 Å². The van der Waals surface area contributed by atoms with Gasteiger partial charge in [0.15, 0.2) is 0 Å². The molecule has 7 heteroatoms. The SMILES string of the molecule is CCN1CC=C(c2ccc3c(c2)C(Nc2ccc(F)c(Cl)c2)CCN(N)/C3=C(/C)N)CC1. The maximum absolute atomic E-state index is 13.7. The van der Waals surface area contributed by atoms with Gasteiger partial charge in [-0.25, -0.2) is 10.2 Å². The van der Waals surface area contributed by atoms with E-state index in [2.05, 4.69) is 41.4 Å². The van der Waals surface area contributed by atoms with Crippen LogP contribution in [0.2, 0.25) is 5.02 Å². The zero-order valence-electron chi connectivity index (χ0n) is 18.7. The van der Waals surface area contributed by atoms with E-state index in [0.717, 1.165) is 55.0 Å². The normalized spacial score (nSPS) is 21.0. The quantitative estimate of drug-likeness (QED) is 0.568. The van der Waals surface area contributed by atoms with Crippen LogP contribution < -0.4 is 16.9 Å². The van der Waals surface area contributed by atoms with E-state index in [1.54, 1.807) is 17.1 Å². The number of nitrogens with one attached hydrogen (secondary N) is 1. The van der Waals surface area contributed by atoms with Crippen LogP contribution in [0, 0.1) is 5.82 Å². The third kappa shape index (κ3) is 4.63. The summed E-state index contributed by atoms with van der Waals surface area (Å²) in [4.78, 5) is 2.43. The molecule has 0 aromatic heterocycles. The van der Waals surface area contributed by atoms with Crippen molar-refractivity contribution in [1.29, 1.82) is 0 Å². The van der Waals surface area contributed by atoms with Gasteiger partial charge in [-0.1, -0.05) is 36.7 Å². The number of halogens is 2. The molecular formula is C25H31ClFN5. The van der Waals surface area contributed by atoms with Gasteiger partial charge in [-0.15, -0.1) is 0 Å². The highest BCUT2D eigenvalue weighted by Crippen LogP contribution is 2.37. The molecule has 2 aromatic carbocycles. The first kappa shape index (κ1) is 22.6. The summed E-state index contributed by atoms with van der Waals surface area (Å²) in [6.07, 6.45) is 4.12. The van der Waals surface area contributed by atoms with Crippen molar-refractivity contribution in [3.63, 3.8) is 0 Å². The van der Waals surface area contributed by atoms with Crippen LogP contribution in [0.25, 0.3) is 11.3 Å². The fourth-order valence-electron chi connectivity index (χ4n) is 4.59. The summed E-state index contributed by atoms with van der Waals surface area (Å²) in [5.74, 6) is 5.96. The Hall–Kier alpha value is -2.54. The molecule has 0 saturated carbocycles. The third-order valence-electron chi connectivity index (χ3n) is 6.37. The molecule has 2 aliphatic heterocycles. The van der Waals surface area contributed by atoms with E-state index in [9.17, 15) is 4.39 Å². The van der Waals surface area contributed by atoms with Gasteiger partial charge >= 0.3 is 0 Å². The molecule has 0 radical (unpaired) electrons. The number of anilines is 1. The monoisotopic (exact) mass is 455 g/mol. The molecule has 2 heterocycles. The first-order valence-electron chi connectivity index (χ1n) is 11.1. The van der Waals surface area contributed by atoms with Crippen molar-refractivity contribution >= 4 is 28.6 Å². The number of benzene rings is 2. The number of likely N-dealkylation sites (N-methyl/N-ethyl adjacent to an activating group) is 1. The van der Waals surface area contributed by atoms with E-state index in [1.807, 2.05) is 6.92 Å². The minimum absolute atomic E-state index is 0.0225. The van der Waals surface area contributed by atoms with Crippen LogP contribution in [0.4, 0.5) is 10.1 Å². The molecule has 5 nitrogen and oxygen atoms in total. The van der Waals surface area contributed by atoms with E-state index in [1.165, 1.54) is 17.2 Å². The molecule has 1 unspecified atom stereocenters. The van der Waals surface area contributed by atoms with Crippen LogP contribution in [-0.2, 0) is 0 Å². The summed E-state index contributed by atoms with van der Waals surface area (Å²) in [5.41, 5.74) is 13.3. The van der Waals surface area contributed by atoms with Crippen molar-refractivity contribution in [3.05, 3.63) is 75.7 Å². The highest BCUT2D eigenvalue weighted by molar-refractivity contribution is 6.31. The van der Waals surface area contributed by atoms with Crippen molar-refractivity contribution in [1.82, 2.24) is 9.91 Å². The summed E-state index contributed by atoms with van der Waals surface area (Å²) in [7, 11) is 0. The minimum Gasteiger partial charge on any atom is -0.401 e. The fraction of sp³-hybridized carbons (Fsp3) is 0.360. The molecule has 5 N–H and O–H groups in total. The molecule has 0 bridgehead atoms. The van der Waals surface area contributed by atoms with Gasteiger partial charge in [0.1, 0.15) is 5.82 Å². The predicted octanol–water partition coefficient (Wildman–Crippen LogP) is 4.97. The van der Waals surface area contributed by atoms with Gasteiger partial charge in [-0.3, -0.25) is 4.90 Å². The van der Waals surface area contributed by atoms with Gasteiger partial charge < -0.3 is 16.1 Å². The van der Waals surface area contributed by atoms with Gasteiger partial charge in [0.05, 0.1) is 16.8 Å². The van der Waals surface area contributed by atoms with E-state index in [4.69, 9.17) is 23.2 Å². The topological polar surface area (TPSA) is 70.5 Å². The Morgan fingerprint density at radius 1 is 1.22 bits per heavy atom. The van der Waals surface area contributed by atoms with Crippen LogP contribution in [0.5, 0.6) is 0 Å². The van der Waals surface area contributed by atoms with Gasteiger partial charge in [0.25, 0.3) is 0 Å². The van der Waals surface area contributed by atoms with Crippen molar-refractivity contribution < 1.29 is 4.39 Å². The molecule has 4 rings (SSSR count). The maximum Gasteiger partial charge on any atom is 0.141 e. The van der Waals surface area contributed by atoms with E-state index in [-0.39, 0.29) is 11.1 Å². The van der Waals surface area contributed by atoms with Gasteiger partial charge in [-0.2, -0.15) is 0 Å². The molecule has 0 aliphatic carbocycles. The average molecular weight is 456 g/mol. The average Bonchev–Trinajstić information content (AvgIpc) is 2.92. The fourth-order valence-corrected chi connectivity index (χ4v) is 4.77. The Morgan fingerprint density at radius 3 is 2.69 bits per heavy atom. The zero-order valence-corrected chi connectivity index (χ0v) is 19.4.